The summed E-state index contributed by atoms with van der Waals surface area (Å²) in [6, 6.07) is 14.4. The first kappa shape index (κ1) is 19.1. The van der Waals surface area contributed by atoms with Crippen LogP contribution < -0.4 is 21.2 Å². The highest BCUT2D eigenvalue weighted by Crippen LogP contribution is 2.20. The number of pyridine rings is 1. The number of nitrogens with zero attached hydrogens (tertiary/aromatic N) is 1. The molecule has 0 spiro atoms. The molecular formula is C12H8ClF3INO3S. The highest BCUT2D eigenvalue weighted by Gasteiger charge is 2.36. The largest absolute Gasteiger partial charge is 0.741 e. The Bertz CT molecular complexity index is 694. The van der Waals surface area contributed by atoms with Gasteiger partial charge in [0.15, 0.2) is 13.7 Å². The van der Waals surface area contributed by atoms with E-state index in [1.54, 1.807) is 0 Å². The molecule has 1 aromatic heterocycles. The topological polar surface area (TPSA) is 70.1 Å². The molecule has 0 radical (unpaired) electrons. The van der Waals surface area contributed by atoms with E-state index in [1.807, 2.05) is 18.3 Å². The van der Waals surface area contributed by atoms with Crippen molar-refractivity contribution in [2.75, 3.05) is 0 Å². The number of aromatic nitrogens is 1. The molecule has 1 heterocycles. The smallest absolute Gasteiger partial charge is 0.485 e. The molecule has 4 nitrogen and oxygen atoms in total. The fraction of sp³-hybridized carbons (Fsp3) is 0.0833. The Hall–Kier alpha value is -0.910. The zero-order valence-electron chi connectivity index (χ0n) is 10.6. The molecule has 10 heteroatoms. The van der Waals surface area contributed by atoms with Crippen LogP contribution in [0.25, 0.3) is 0 Å². The average Bonchev–Trinajstić information content (AvgIpc) is 2.41. The maximum absolute atomic E-state index is 10.7. The van der Waals surface area contributed by atoms with Gasteiger partial charge in [0.05, 0.1) is 6.20 Å². The number of alkyl halides is 3. The minimum atomic E-state index is -6.09. The van der Waals surface area contributed by atoms with Crippen molar-refractivity contribution in [1.29, 1.82) is 0 Å². The van der Waals surface area contributed by atoms with E-state index in [0.29, 0.717) is 5.15 Å². The van der Waals surface area contributed by atoms with Crippen molar-refractivity contribution >= 4 is 21.7 Å². The Kier molecular flexibility index (Phi) is 7.03. The van der Waals surface area contributed by atoms with Crippen molar-refractivity contribution in [3.05, 3.63) is 61.0 Å². The quantitative estimate of drug-likeness (QED) is 0.269. The van der Waals surface area contributed by atoms with Gasteiger partial charge in [-0.15, -0.1) is 0 Å². The highest BCUT2D eigenvalue weighted by molar-refractivity contribution is 7.86. The molecule has 0 atom stereocenters. The van der Waals surface area contributed by atoms with Gasteiger partial charge in [-0.05, 0) is 24.3 Å². The van der Waals surface area contributed by atoms with Gasteiger partial charge in [-0.25, -0.2) is 13.4 Å². The molecule has 2 aromatic rings. The number of benzene rings is 1. The summed E-state index contributed by atoms with van der Waals surface area (Å²) in [6.07, 6.45) is 1.86. The van der Waals surface area contributed by atoms with Gasteiger partial charge >= 0.3 is 26.7 Å². The summed E-state index contributed by atoms with van der Waals surface area (Å²) in [6.45, 7) is 0. The molecule has 0 fully saturated rings. The molecular weight excluding hydrogens is 458 g/mol. The third-order valence-corrected chi connectivity index (χ3v) is 5.32. The predicted octanol–water partition coefficient (Wildman–Crippen LogP) is -0.0852. The predicted molar refractivity (Wildman–Crippen MR) is 68.8 cm³/mol. The van der Waals surface area contributed by atoms with E-state index >= 15 is 0 Å². The van der Waals surface area contributed by atoms with E-state index in [-0.39, 0.29) is 21.2 Å². The Balaban J connectivity index is 0.000000261. The Morgan fingerprint density at radius 2 is 1.59 bits per heavy atom. The normalized spacial score (nSPS) is 11.5. The summed E-state index contributed by atoms with van der Waals surface area (Å²) in [7, 11) is -6.09. The number of hydrogen-bond donors (Lipinski definition) is 0. The van der Waals surface area contributed by atoms with Crippen molar-refractivity contribution in [2.24, 2.45) is 0 Å². The van der Waals surface area contributed by atoms with Gasteiger partial charge < -0.3 is 4.55 Å². The van der Waals surface area contributed by atoms with Crippen molar-refractivity contribution in [3.8, 4) is 0 Å². The molecule has 0 saturated carbocycles. The average molecular weight is 466 g/mol. The lowest BCUT2D eigenvalue weighted by Gasteiger charge is -2.08. The van der Waals surface area contributed by atoms with Gasteiger partial charge in [0.25, 0.3) is 0 Å². The number of rotatable bonds is 2. The molecule has 0 amide bonds. The molecule has 0 saturated heterocycles. The third-order valence-electron chi connectivity index (χ3n) is 1.93. The lowest BCUT2D eigenvalue weighted by Crippen LogP contribution is -3.61. The second-order valence-electron chi connectivity index (χ2n) is 3.59. The molecule has 2 rings (SSSR count). The second kappa shape index (κ2) is 8.09. The van der Waals surface area contributed by atoms with Gasteiger partial charge in [-0.2, -0.15) is 13.2 Å². The molecule has 120 valence electrons. The molecule has 1 aromatic carbocycles. The summed E-state index contributed by atoms with van der Waals surface area (Å²) >= 11 is 5.61. The van der Waals surface area contributed by atoms with Crippen molar-refractivity contribution in [3.63, 3.8) is 0 Å². The van der Waals surface area contributed by atoms with Crippen molar-refractivity contribution in [2.45, 2.75) is 5.51 Å². The van der Waals surface area contributed by atoms with Crippen LogP contribution in [0.15, 0.2) is 48.7 Å². The van der Waals surface area contributed by atoms with Crippen LogP contribution in [0.5, 0.6) is 0 Å². The van der Waals surface area contributed by atoms with Crippen molar-refractivity contribution in [1.82, 2.24) is 4.98 Å². The lowest BCUT2D eigenvalue weighted by molar-refractivity contribution is -0.597. The van der Waals surface area contributed by atoms with Gasteiger partial charge in [-0.1, -0.05) is 29.8 Å². The van der Waals surface area contributed by atoms with Crippen LogP contribution in [0.3, 0.4) is 0 Å². The second-order valence-corrected chi connectivity index (χ2v) is 8.38. The van der Waals surface area contributed by atoms with Gasteiger partial charge in [0.2, 0.25) is 3.57 Å². The first-order valence-electron chi connectivity index (χ1n) is 5.43. The fourth-order valence-corrected chi connectivity index (χ4v) is 3.26. The molecule has 0 unspecified atom stereocenters. The van der Waals surface area contributed by atoms with E-state index in [2.05, 4.69) is 35.3 Å². The molecule has 22 heavy (non-hydrogen) atoms. The zero-order chi connectivity index (χ0) is 16.8. The van der Waals surface area contributed by atoms with Crippen LogP contribution in [0.4, 0.5) is 13.2 Å². The molecule has 0 N–H and O–H groups in total. The summed E-state index contributed by atoms with van der Waals surface area (Å²) in [4.78, 5) is 4.07. The Morgan fingerprint density at radius 1 is 1.05 bits per heavy atom. The highest BCUT2D eigenvalue weighted by atomic mass is 127. The van der Waals surface area contributed by atoms with Crippen LogP contribution in [0.1, 0.15) is 0 Å². The van der Waals surface area contributed by atoms with Crippen LogP contribution in [-0.4, -0.2) is 23.5 Å². The van der Waals surface area contributed by atoms with E-state index in [4.69, 9.17) is 24.6 Å². The zero-order valence-corrected chi connectivity index (χ0v) is 14.3. The summed E-state index contributed by atoms with van der Waals surface area (Å²) in [5.41, 5.74) is -5.65. The molecule has 0 aliphatic heterocycles. The van der Waals surface area contributed by atoms with E-state index < -0.39 is 15.6 Å². The van der Waals surface area contributed by atoms with E-state index in [9.17, 15) is 13.2 Å². The monoisotopic (exact) mass is 465 g/mol. The fourth-order valence-electron chi connectivity index (χ4n) is 1.02. The summed E-state index contributed by atoms with van der Waals surface area (Å²) < 4.78 is 61.6. The van der Waals surface area contributed by atoms with Crippen molar-refractivity contribution < 1.29 is 47.3 Å². The SMILES string of the molecule is Clc1ccc([I+]c2ccccc2)cn1.O=S(=O)([O-])C(F)(F)F. The third kappa shape index (κ3) is 6.90. The summed E-state index contributed by atoms with van der Waals surface area (Å²) in [5.74, 6) is 0. The minimum absolute atomic E-state index is 0.105. The van der Waals surface area contributed by atoms with Gasteiger partial charge in [-0.3, -0.25) is 0 Å². The van der Waals surface area contributed by atoms with Crippen LogP contribution in [0.2, 0.25) is 5.15 Å². The standard InChI is InChI=1S/C11H8ClIN.CHF3O3S/c12-11-7-6-10(8-14-11)13-9-4-2-1-3-5-9;2-1(3,4)8(5,6)7/h1-8H;(H,5,6,7)/q+1;/p-1. The Morgan fingerprint density at radius 3 is 2.00 bits per heavy atom. The minimum Gasteiger partial charge on any atom is -0.741 e. The maximum Gasteiger partial charge on any atom is 0.485 e. The molecule has 0 bridgehead atoms. The van der Waals surface area contributed by atoms with Crippen LogP contribution >= 0.6 is 11.6 Å². The number of hydrogen-bond acceptors (Lipinski definition) is 4. The van der Waals surface area contributed by atoms with E-state index in [1.165, 1.54) is 7.14 Å². The Labute approximate surface area is 140 Å². The van der Waals surface area contributed by atoms with Crippen LogP contribution in [-0.2, 0) is 10.1 Å². The van der Waals surface area contributed by atoms with E-state index in [0.717, 1.165) is 0 Å². The molecule has 0 aliphatic carbocycles. The number of halogens is 5. The maximum atomic E-state index is 10.7. The molecule has 0 aliphatic rings. The lowest BCUT2D eigenvalue weighted by atomic mass is 10.4. The van der Waals surface area contributed by atoms with Crippen LogP contribution in [0, 0.1) is 7.14 Å². The first-order chi connectivity index (χ1) is 10.1. The van der Waals surface area contributed by atoms with Gasteiger partial charge in [0, 0.05) is 0 Å². The first-order valence-corrected chi connectivity index (χ1v) is 9.37. The summed E-state index contributed by atoms with van der Waals surface area (Å²) in [5, 5.41) is 0.561. The van der Waals surface area contributed by atoms with Gasteiger partial charge in [0.1, 0.15) is 5.15 Å².